The van der Waals surface area contributed by atoms with Gasteiger partial charge in [0.25, 0.3) is 0 Å². The van der Waals surface area contributed by atoms with E-state index in [2.05, 4.69) is 20.8 Å². The maximum absolute atomic E-state index is 12.8. The number of rotatable bonds is 5. The highest BCUT2D eigenvalue weighted by Crippen LogP contribution is 2.31. The number of benzene rings is 1. The first-order chi connectivity index (χ1) is 11.2. The minimum Gasteiger partial charge on any atom is -0.384 e. The summed E-state index contributed by atoms with van der Waals surface area (Å²) in [6, 6.07) is 9.67. The zero-order valence-corrected chi connectivity index (χ0v) is 13.3. The number of H-pyrrole nitrogens is 1. The standard InChI is InChI=1S/C17H22N4O2/c1-23-12-17(7-10-18-11-8-17)16(22)20-14-4-2-13(3-5-14)15-6-9-19-21-15/h2-6,9,18H,7-8,10-12H2,1H3,(H,19,21)(H,20,22). The molecule has 6 heteroatoms. The highest BCUT2D eigenvalue weighted by Gasteiger charge is 2.39. The second-order valence-corrected chi connectivity index (χ2v) is 5.97. The Morgan fingerprint density at radius 2 is 2.00 bits per heavy atom. The minimum atomic E-state index is -0.442. The molecule has 122 valence electrons. The summed E-state index contributed by atoms with van der Waals surface area (Å²) < 4.78 is 5.31. The number of hydrogen-bond donors (Lipinski definition) is 3. The molecule has 0 aliphatic carbocycles. The van der Waals surface area contributed by atoms with Crippen molar-refractivity contribution in [2.45, 2.75) is 12.8 Å². The third-order valence-electron chi connectivity index (χ3n) is 4.42. The SMILES string of the molecule is COCC1(C(=O)Nc2ccc(-c3ccn[nH]3)cc2)CCNCC1. The molecule has 6 nitrogen and oxygen atoms in total. The van der Waals surface area contributed by atoms with Crippen LogP contribution >= 0.6 is 0 Å². The van der Waals surface area contributed by atoms with E-state index in [1.165, 1.54) is 0 Å². The van der Waals surface area contributed by atoms with Gasteiger partial charge in [0, 0.05) is 19.0 Å². The van der Waals surface area contributed by atoms with E-state index in [0.717, 1.165) is 42.9 Å². The molecule has 0 unspecified atom stereocenters. The summed E-state index contributed by atoms with van der Waals surface area (Å²) in [4.78, 5) is 12.8. The van der Waals surface area contributed by atoms with Crippen molar-refractivity contribution in [2.75, 3.05) is 32.1 Å². The monoisotopic (exact) mass is 314 g/mol. The van der Waals surface area contributed by atoms with Gasteiger partial charge < -0.3 is 15.4 Å². The van der Waals surface area contributed by atoms with Gasteiger partial charge in [-0.1, -0.05) is 12.1 Å². The largest absolute Gasteiger partial charge is 0.384 e. The first-order valence-electron chi connectivity index (χ1n) is 7.84. The van der Waals surface area contributed by atoms with Crippen LogP contribution in [0.5, 0.6) is 0 Å². The van der Waals surface area contributed by atoms with Crippen LogP contribution in [0, 0.1) is 5.41 Å². The average Bonchev–Trinajstić information content (AvgIpc) is 3.11. The van der Waals surface area contributed by atoms with Crippen molar-refractivity contribution in [1.82, 2.24) is 15.5 Å². The summed E-state index contributed by atoms with van der Waals surface area (Å²) in [5.41, 5.74) is 2.35. The number of nitrogens with one attached hydrogen (secondary N) is 3. The van der Waals surface area contributed by atoms with Crippen molar-refractivity contribution in [1.29, 1.82) is 0 Å². The van der Waals surface area contributed by atoms with Crippen molar-refractivity contribution in [2.24, 2.45) is 5.41 Å². The highest BCUT2D eigenvalue weighted by atomic mass is 16.5. The van der Waals surface area contributed by atoms with Gasteiger partial charge in [0.05, 0.1) is 17.7 Å². The van der Waals surface area contributed by atoms with Crippen molar-refractivity contribution in [3.8, 4) is 11.3 Å². The first-order valence-corrected chi connectivity index (χ1v) is 7.84. The number of carbonyl (C=O) groups excluding carboxylic acids is 1. The molecule has 0 atom stereocenters. The predicted molar refractivity (Wildman–Crippen MR) is 89.1 cm³/mol. The van der Waals surface area contributed by atoms with Gasteiger partial charge in [-0.15, -0.1) is 0 Å². The van der Waals surface area contributed by atoms with E-state index in [0.29, 0.717) is 6.61 Å². The van der Waals surface area contributed by atoms with Crippen molar-refractivity contribution in [3.63, 3.8) is 0 Å². The van der Waals surface area contributed by atoms with Gasteiger partial charge in [0.2, 0.25) is 5.91 Å². The van der Waals surface area contributed by atoms with Crippen LogP contribution in [0.1, 0.15) is 12.8 Å². The minimum absolute atomic E-state index is 0.0372. The Bertz CT molecular complexity index is 626. The lowest BCUT2D eigenvalue weighted by Crippen LogP contribution is -2.47. The summed E-state index contributed by atoms with van der Waals surface area (Å²) in [5.74, 6) is 0.0372. The maximum atomic E-state index is 12.8. The van der Waals surface area contributed by atoms with Crippen LogP contribution in [0.3, 0.4) is 0 Å². The number of anilines is 1. The second kappa shape index (κ2) is 6.93. The normalized spacial score (nSPS) is 16.9. The van der Waals surface area contributed by atoms with Crippen molar-refractivity contribution in [3.05, 3.63) is 36.5 Å². The van der Waals surface area contributed by atoms with Crippen LogP contribution in [0.25, 0.3) is 11.3 Å². The van der Waals surface area contributed by atoms with Crippen LogP contribution < -0.4 is 10.6 Å². The molecule has 1 fully saturated rings. The van der Waals surface area contributed by atoms with Crippen molar-refractivity contribution < 1.29 is 9.53 Å². The summed E-state index contributed by atoms with van der Waals surface area (Å²) >= 11 is 0. The third kappa shape index (κ3) is 3.43. The van der Waals surface area contributed by atoms with E-state index in [1.54, 1.807) is 13.3 Å². The fourth-order valence-electron chi connectivity index (χ4n) is 3.03. The van der Waals surface area contributed by atoms with Gasteiger partial charge in [0.1, 0.15) is 0 Å². The van der Waals surface area contributed by atoms with Gasteiger partial charge >= 0.3 is 0 Å². The number of aromatic nitrogens is 2. The number of methoxy groups -OCH3 is 1. The van der Waals surface area contributed by atoms with Gasteiger partial charge in [-0.3, -0.25) is 9.89 Å². The first kappa shape index (κ1) is 15.7. The number of carbonyl (C=O) groups is 1. The lowest BCUT2D eigenvalue weighted by Gasteiger charge is -2.35. The maximum Gasteiger partial charge on any atom is 0.233 e. The fourth-order valence-corrected chi connectivity index (χ4v) is 3.03. The van der Waals surface area contributed by atoms with Gasteiger partial charge in [-0.2, -0.15) is 5.10 Å². The number of hydrogen-bond acceptors (Lipinski definition) is 4. The Hall–Kier alpha value is -2.18. The Morgan fingerprint density at radius 1 is 1.26 bits per heavy atom. The van der Waals surface area contributed by atoms with Gasteiger partial charge in [-0.05, 0) is 49.7 Å². The molecule has 1 aromatic carbocycles. The quantitative estimate of drug-likeness (QED) is 0.789. The molecule has 0 bridgehead atoms. The molecule has 0 radical (unpaired) electrons. The van der Waals surface area contributed by atoms with Crippen LogP contribution in [-0.4, -0.2) is 42.9 Å². The molecule has 1 aliphatic rings. The molecule has 3 N–H and O–H groups in total. The number of piperidine rings is 1. The van der Waals surface area contributed by atoms with Crippen molar-refractivity contribution >= 4 is 11.6 Å². The molecule has 0 saturated carbocycles. The highest BCUT2D eigenvalue weighted by molar-refractivity contribution is 5.95. The van der Waals surface area contributed by atoms with Crippen LogP contribution in [0.4, 0.5) is 5.69 Å². The molecule has 2 aromatic rings. The molecule has 3 rings (SSSR count). The molecular weight excluding hydrogens is 292 g/mol. The van der Waals surface area contributed by atoms with E-state index in [9.17, 15) is 4.79 Å². The van der Waals surface area contributed by atoms with E-state index < -0.39 is 5.41 Å². The lowest BCUT2D eigenvalue weighted by atomic mass is 9.78. The van der Waals surface area contributed by atoms with Gasteiger partial charge in [-0.25, -0.2) is 0 Å². The zero-order valence-electron chi connectivity index (χ0n) is 13.3. The number of aromatic amines is 1. The van der Waals surface area contributed by atoms with Crippen LogP contribution in [-0.2, 0) is 9.53 Å². The molecule has 2 heterocycles. The topological polar surface area (TPSA) is 79.0 Å². The van der Waals surface area contributed by atoms with Crippen LogP contribution in [0.2, 0.25) is 0 Å². The third-order valence-corrected chi connectivity index (χ3v) is 4.42. The van der Waals surface area contributed by atoms with E-state index in [1.807, 2.05) is 30.3 Å². The molecule has 23 heavy (non-hydrogen) atoms. The summed E-state index contributed by atoms with van der Waals surface area (Å²) in [6.45, 7) is 2.14. The number of ether oxygens (including phenoxy) is 1. The van der Waals surface area contributed by atoms with Crippen LogP contribution in [0.15, 0.2) is 36.5 Å². The number of nitrogens with zero attached hydrogens (tertiary/aromatic N) is 1. The van der Waals surface area contributed by atoms with Gasteiger partial charge in [0.15, 0.2) is 0 Å². The summed E-state index contributed by atoms with van der Waals surface area (Å²) in [6.07, 6.45) is 3.30. The smallest absolute Gasteiger partial charge is 0.233 e. The Balaban J connectivity index is 1.71. The second-order valence-electron chi connectivity index (χ2n) is 5.97. The number of amides is 1. The lowest BCUT2D eigenvalue weighted by molar-refractivity contribution is -0.130. The Kier molecular flexibility index (Phi) is 4.73. The molecule has 1 saturated heterocycles. The molecular formula is C17H22N4O2. The summed E-state index contributed by atoms with van der Waals surface area (Å²) in [5, 5.41) is 13.2. The fraction of sp³-hybridized carbons (Fsp3) is 0.412. The molecule has 1 amide bonds. The van der Waals surface area contributed by atoms with E-state index in [-0.39, 0.29) is 5.91 Å². The average molecular weight is 314 g/mol. The van der Waals surface area contributed by atoms with E-state index in [4.69, 9.17) is 4.74 Å². The molecule has 1 aromatic heterocycles. The summed E-state index contributed by atoms with van der Waals surface area (Å²) in [7, 11) is 1.65. The predicted octanol–water partition coefficient (Wildman–Crippen LogP) is 2.03. The molecule has 1 aliphatic heterocycles. The van der Waals surface area contributed by atoms with E-state index >= 15 is 0 Å². The Morgan fingerprint density at radius 3 is 2.61 bits per heavy atom. The zero-order chi connectivity index (χ0) is 16.1. The molecule has 0 spiro atoms. The Labute approximate surface area is 135 Å².